The summed E-state index contributed by atoms with van der Waals surface area (Å²) in [6.07, 6.45) is 11.6. The molecule has 0 spiro atoms. The van der Waals surface area contributed by atoms with Crippen LogP contribution in [-0.4, -0.2) is 50.5 Å². The summed E-state index contributed by atoms with van der Waals surface area (Å²) in [5.41, 5.74) is 3.52. The molecule has 1 N–H and O–H groups in total. The largest absolute Gasteiger partial charge is 0.423 e. The zero-order chi connectivity index (χ0) is 29.6. The number of unbranched alkanes of at least 4 members (excludes halogenated alkanes) is 1. The third-order valence-electron chi connectivity index (χ3n) is 8.68. The smallest absolute Gasteiger partial charge is 0.171 e. The quantitative estimate of drug-likeness (QED) is 0.115. The van der Waals surface area contributed by atoms with Crippen LogP contribution in [0, 0.1) is 46.0 Å². The van der Waals surface area contributed by atoms with Gasteiger partial charge in [0.1, 0.15) is 18.6 Å². The molecule has 0 saturated heterocycles. The topological polar surface area (TPSA) is 38.7 Å². The number of allylic oxidation sites excluding steroid dienone is 1. The van der Waals surface area contributed by atoms with Crippen LogP contribution in [-0.2, 0) is 8.85 Å². The highest BCUT2D eigenvalue weighted by Crippen LogP contribution is 2.57. The summed E-state index contributed by atoms with van der Waals surface area (Å²) < 4.78 is 12.9. The average Bonchev–Trinajstić information content (AvgIpc) is 3.04. The highest BCUT2D eigenvalue weighted by atomic mass is 28.3. The number of aliphatic hydroxyl groups is 1. The molecule has 1 fully saturated rings. The van der Waals surface area contributed by atoms with Crippen LogP contribution in [0.2, 0.25) is 32.7 Å². The van der Waals surface area contributed by atoms with Gasteiger partial charge in [0, 0.05) is 24.5 Å². The molecule has 0 radical (unpaired) electrons. The summed E-state index contributed by atoms with van der Waals surface area (Å²) in [7, 11) is -1.98. The van der Waals surface area contributed by atoms with Gasteiger partial charge in [0.05, 0.1) is 5.60 Å². The normalized spacial score (nSPS) is 26.2. The van der Waals surface area contributed by atoms with Gasteiger partial charge in [-0.2, -0.15) is 0 Å². The van der Waals surface area contributed by atoms with Crippen molar-refractivity contribution in [1.82, 2.24) is 0 Å². The van der Waals surface area contributed by atoms with Crippen LogP contribution in [0.25, 0.3) is 0 Å². The van der Waals surface area contributed by atoms with Crippen molar-refractivity contribution in [2.75, 3.05) is 6.61 Å². The van der Waals surface area contributed by atoms with Gasteiger partial charge < -0.3 is 14.0 Å². The lowest BCUT2D eigenvalue weighted by Gasteiger charge is -2.48. The predicted molar refractivity (Wildman–Crippen MR) is 176 cm³/mol. The molecule has 1 rings (SSSR count). The molecule has 5 atom stereocenters. The van der Waals surface area contributed by atoms with Crippen LogP contribution in [0.3, 0.4) is 0 Å². The SMILES string of the molecule is C[SiH](C)O[C@]1(C(C)(C)C)C[C@H](CO)[C@@H](CC#C[Si](C)(C)C)[C@H]1C=C[C@H](CCCCC(C)(C)O[SiH3])C(C)(C)C. The fourth-order valence-electron chi connectivity index (χ4n) is 6.16. The zero-order valence-corrected chi connectivity index (χ0v) is 31.9. The van der Waals surface area contributed by atoms with E-state index in [4.69, 9.17) is 8.85 Å². The van der Waals surface area contributed by atoms with E-state index >= 15 is 0 Å². The van der Waals surface area contributed by atoms with E-state index in [1.807, 2.05) is 0 Å². The summed E-state index contributed by atoms with van der Waals surface area (Å²) in [5.74, 6) is 4.89. The monoisotopic (exact) mass is 580 g/mol. The summed E-state index contributed by atoms with van der Waals surface area (Å²) in [5, 5.41) is 10.6. The van der Waals surface area contributed by atoms with Crippen LogP contribution in [0.15, 0.2) is 12.2 Å². The molecule has 38 heavy (non-hydrogen) atoms. The van der Waals surface area contributed by atoms with E-state index in [1.54, 1.807) is 0 Å². The van der Waals surface area contributed by atoms with Crippen molar-refractivity contribution in [2.45, 2.75) is 138 Å². The molecule has 1 saturated carbocycles. The lowest BCUT2D eigenvalue weighted by molar-refractivity contribution is -0.0605. The van der Waals surface area contributed by atoms with E-state index in [0.717, 1.165) is 29.7 Å². The molecule has 0 unspecified atom stereocenters. The Hall–Kier alpha value is -0.169. The summed E-state index contributed by atoms with van der Waals surface area (Å²) in [4.78, 5) is 0. The summed E-state index contributed by atoms with van der Waals surface area (Å²) in [6.45, 7) is 30.3. The van der Waals surface area contributed by atoms with Crippen molar-refractivity contribution >= 4 is 27.6 Å². The third kappa shape index (κ3) is 10.7. The van der Waals surface area contributed by atoms with Gasteiger partial charge in [-0.15, -0.1) is 11.5 Å². The van der Waals surface area contributed by atoms with Crippen LogP contribution in [0.1, 0.15) is 93.9 Å². The Morgan fingerprint density at radius 2 is 1.68 bits per heavy atom. The molecule has 6 heteroatoms. The number of hydrogen-bond acceptors (Lipinski definition) is 3. The fraction of sp³-hybridized carbons (Fsp3) is 0.875. The van der Waals surface area contributed by atoms with Gasteiger partial charge >= 0.3 is 0 Å². The van der Waals surface area contributed by atoms with Gasteiger partial charge in [-0.25, -0.2) is 0 Å². The first-order valence-electron chi connectivity index (χ1n) is 15.2. The van der Waals surface area contributed by atoms with Crippen LogP contribution in [0.5, 0.6) is 0 Å². The van der Waals surface area contributed by atoms with Gasteiger partial charge in [-0.3, -0.25) is 0 Å². The molecule has 0 aromatic heterocycles. The van der Waals surface area contributed by atoms with E-state index in [2.05, 4.69) is 112 Å². The maximum absolute atomic E-state index is 10.6. The first-order chi connectivity index (χ1) is 17.2. The van der Waals surface area contributed by atoms with Crippen molar-refractivity contribution in [1.29, 1.82) is 0 Å². The van der Waals surface area contributed by atoms with E-state index < -0.39 is 17.1 Å². The lowest BCUT2D eigenvalue weighted by atomic mass is 9.68. The Bertz CT molecular complexity index is 805. The van der Waals surface area contributed by atoms with Crippen LogP contribution < -0.4 is 0 Å². The minimum Gasteiger partial charge on any atom is -0.423 e. The molecule has 0 heterocycles. The highest BCUT2D eigenvalue weighted by Gasteiger charge is 2.58. The molecule has 3 nitrogen and oxygen atoms in total. The predicted octanol–water partition coefficient (Wildman–Crippen LogP) is 7.14. The number of aliphatic hydroxyl groups excluding tert-OH is 1. The molecular weight excluding hydrogens is 517 g/mol. The van der Waals surface area contributed by atoms with Crippen LogP contribution in [0.4, 0.5) is 0 Å². The van der Waals surface area contributed by atoms with E-state index in [1.165, 1.54) is 19.3 Å². The van der Waals surface area contributed by atoms with Gasteiger partial charge in [-0.1, -0.05) is 86.2 Å². The van der Waals surface area contributed by atoms with E-state index in [0.29, 0.717) is 11.8 Å². The molecule has 1 aliphatic carbocycles. The maximum Gasteiger partial charge on any atom is 0.171 e. The molecule has 222 valence electrons. The molecule has 1 aliphatic rings. The standard InChI is InChI=1S/C32H64O3Si3/c1-29(2,3)26(17-14-15-21-31(7,8)34-36)19-20-28-27(18-16-22-38(11,12)13)25(24-33)23-32(28,30(4,5)6)35-37(9)10/h19-20,25-28,33,37H,14-15,17-18,21,23-24H2,1-13,36H3/t25-,26+,27-,28-,32-/m1/s1. The fourth-order valence-corrected chi connectivity index (χ4v) is 8.45. The zero-order valence-electron chi connectivity index (χ0n) is 27.8. The van der Waals surface area contributed by atoms with Gasteiger partial charge in [0.25, 0.3) is 0 Å². The minimum atomic E-state index is -1.45. The Morgan fingerprint density at radius 3 is 2.13 bits per heavy atom. The second-order valence-electron chi connectivity index (χ2n) is 16.0. The van der Waals surface area contributed by atoms with Crippen molar-refractivity contribution < 1.29 is 14.0 Å². The second kappa shape index (κ2) is 14.1. The first-order valence-corrected chi connectivity index (χ1v) is 22.3. The second-order valence-corrected chi connectivity index (χ2v) is 23.5. The van der Waals surface area contributed by atoms with Crippen LogP contribution >= 0.6 is 0 Å². The Morgan fingerprint density at radius 1 is 1.08 bits per heavy atom. The third-order valence-corrected chi connectivity index (χ3v) is 11.6. The number of hydrogen-bond donors (Lipinski definition) is 1. The molecular formula is C32H64O3Si3. The lowest BCUT2D eigenvalue weighted by Crippen LogP contribution is -2.51. The Balaban J connectivity index is 3.43. The minimum absolute atomic E-state index is 0.0109. The summed E-state index contributed by atoms with van der Waals surface area (Å²) >= 11 is 0. The highest BCUT2D eigenvalue weighted by molar-refractivity contribution is 6.83. The molecule has 0 aromatic rings. The Kier molecular flexibility index (Phi) is 13.3. The van der Waals surface area contributed by atoms with Gasteiger partial charge in [-0.05, 0) is 74.8 Å². The Labute approximate surface area is 243 Å². The van der Waals surface area contributed by atoms with Gasteiger partial charge in [0.2, 0.25) is 0 Å². The van der Waals surface area contributed by atoms with Crippen molar-refractivity contribution in [3.8, 4) is 11.5 Å². The number of rotatable bonds is 12. The van der Waals surface area contributed by atoms with Gasteiger partial charge in [0.15, 0.2) is 9.04 Å². The average molecular weight is 581 g/mol. The van der Waals surface area contributed by atoms with E-state index in [-0.39, 0.29) is 40.5 Å². The molecule has 0 aliphatic heterocycles. The molecule has 0 aromatic carbocycles. The van der Waals surface area contributed by atoms with E-state index in [9.17, 15) is 5.11 Å². The van der Waals surface area contributed by atoms with Crippen molar-refractivity contribution in [3.05, 3.63) is 12.2 Å². The molecule has 0 amide bonds. The van der Waals surface area contributed by atoms with Crippen molar-refractivity contribution in [2.24, 2.45) is 34.5 Å². The van der Waals surface area contributed by atoms with Crippen molar-refractivity contribution in [3.63, 3.8) is 0 Å². The first kappa shape index (κ1) is 35.9. The molecule has 0 bridgehead atoms. The maximum atomic E-state index is 10.6. The summed E-state index contributed by atoms with van der Waals surface area (Å²) in [6, 6.07) is 0.